The van der Waals surface area contributed by atoms with E-state index in [9.17, 15) is 26.3 Å². The van der Waals surface area contributed by atoms with Crippen LogP contribution >= 0.6 is 0 Å². The van der Waals surface area contributed by atoms with E-state index in [1.54, 1.807) is 41.5 Å². The third kappa shape index (κ3) is 10.3. The van der Waals surface area contributed by atoms with Gasteiger partial charge in [-0.25, -0.2) is 0 Å². The van der Waals surface area contributed by atoms with Gasteiger partial charge in [0.15, 0.2) is 0 Å². The van der Waals surface area contributed by atoms with E-state index in [0.717, 1.165) is 0 Å². The zero-order valence-electron chi connectivity index (χ0n) is 26.4. The topological polar surface area (TPSA) is 55.4 Å². The van der Waals surface area contributed by atoms with Crippen LogP contribution in [0.4, 0.5) is 26.3 Å². The first kappa shape index (κ1) is 40.7. The van der Waals surface area contributed by atoms with Crippen molar-refractivity contribution in [3.63, 3.8) is 0 Å². The fourth-order valence-corrected chi connectivity index (χ4v) is 40.8. The van der Waals surface area contributed by atoms with Crippen molar-refractivity contribution in [3.05, 3.63) is 0 Å². The van der Waals surface area contributed by atoms with Crippen molar-refractivity contribution >= 4 is 51.4 Å². The predicted molar refractivity (Wildman–Crippen MR) is 169 cm³/mol. The Morgan fingerprint density at radius 3 is 0.476 bits per heavy atom. The Kier molecular flexibility index (Phi) is 18.1. The maximum absolute atomic E-state index is 14.3. The summed E-state index contributed by atoms with van der Waals surface area (Å²) in [5, 5.41) is 0. The van der Waals surface area contributed by atoms with Crippen LogP contribution in [0.15, 0.2) is 0 Å². The second-order valence-electron chi connectivity index (χ2n) is 10.8. The first-order chi connectivity index (χ1) is 20.0. The second-order valence-corrected chi connectivity index (χ2v) is 33.9. The molecule has 0 aromatic rings. The van der Waals surface area contributed by atoms with E-state index in [0.29, 0.717) is 0 Å². The average molecular weight is 721 g/mol. The minimum absolute atomic E-state index is 0.108. The fraction of sp³-hybridized carbons (Fsp3) is 1.00. The number of rotatable bonds is 18. The van der Waals surface area contributed by atoms with Gasteiger partial charge in [-0.05, 0) is 36.3 Å². The lowest BCUT2D eigenvalue weighted by Gasteiger charge is -2.52. The van der Waals surface area contributed by atoms with E-state index in [-0.39, 0.29) is 72.5 Å². The van der Waals surface area contributed by atoms with E-state index >= 15 is 0 Å². The zero-order chi connectivity index (χ0) is 32.0. The van der Waals surface area contributed by atoms with Crippen LogP contribution in [-0.4, -0.2) is 91.4 Å². The molecule has 0 atom stereocenters. The summed E-state index contributed by atoms with van der Waals surface area (Å²) in [4.78, 5) is 0. The van der Waals surface area contributed by atoms with Crippen LogP contribution in [0.3, 0.4) is 0 Å². The van der Waals surface area contributed by atoms with E-state index in [1.165, 1.54) is 0 Å². The summed E-state index contributed by atoms with van der Waals surface area (Å²) in [6.07, 6.45) is 0. The van der Waals surface area contributed by atoms with E-state index in [2.05, 4.69) is 0 Å². The Morgan fingerprint density at radius 1 is 0.286 bits per heavy atom. The fourth-order valence-electron chi connectivity index (χ4n) is 5.56. The van der Waals surface area contributed by atoms with Crippen molar-refractivity contribution in [3.8, 4) is 0 Å². The molecule has 0 amide bonds. The summed E-state index contributed by atoms with van der Waals surface area (Å²) >= 11 is 0. The maximum atomic E-state index is 14.3. The molecular weight excluding hydrogens is 667 g/mol. The van der Waals surface area contributed by atoms with Crippen molar-refractivity contribution in [2.24, 2.45) is 0 Å². The van der Waals surface area contributed by atoms with Crippen molar-refractivity contribution < 1.29 is 51.0 Å². The van der Waals surface area contributed by atoms with E-state index in [1.807, 2.05) is 0 Å². The van der Waals surface area contributed by atoms with Gasteiger partial charge in [-0.15, -0.1) is 0 Å². The standard InChI is InChI=1S/C24H54F6O6Si6/c1-7-37(19-13-25)31-38(8-2,20-14-26)33-40(10-4,22-16-28)35-42(12-6,24-18-30)36-41(11-5,23-17-29)34-39(9-3,32-37)21-15-27/h7-24H2,1-6H3. The highest BCUT2D eigenvalue weighted by Gasteiger charge is 2.61. The first-order valence-corrected chi connectivity index (χ1v) is 28.9. The normalized spacial score (nSPS) is 36.9. The van der Waals surface area contributed by atoms with Gasteiger partial charge in [0.05, 0.1) is 40.0 Å². The molecule has 1 aliphatic heterocycles. The smallest absolute Gasteiger partial charge is 0.322 e. The SMILES string of the molecule is CC[Si]1(CCF)O[Si](CC)(CCF)O[Si](CC)(CCF)O[Si](CC)(CCF)O[Si](CC)(CCF)O[Si](CC)(CCF)O1. The molecule has 1 saturated heterocycles. The van der Waals surface area contributed by atoms with Crippen molar-refractivity contribution in [2.75, 3.05) is 40.0 Å². The molecule has 0 aromatic carbocycles. The van der Waals surface area contributed by atoms with Crippen molar-refractivity contribution in [1.29, 1.82) is 0 Å². The number of halogens is 6. The molecule has 0 unspecified atom stereocenters. The molecule has 0 aromatic heterocycles. The lowest BCUT2D eigenvalue weighted by molar-refractivity contribution is 0.204. The molecule has 1 heterocycles. The Hall–Kier alpha value is 0.641. The van der Waals surface area contributed by atoms with Gasteiger partial charge in [-0.1, -0.05) is 41.5 Å². The van der Waals surface area contributed by atoms with Gasteiger partial charge in [0.25, 0.3) is 0 Å². The minimum Gasteiger partial charge on any atom is -0.415 e. The van der Waals surface area contributed by atoms with Gasteiger partial charge in [0.1, 0.15) is 0 Å². The lowest BCUT2D eigenvalue weighted by Crippen LogP contribution is -2.70. The van der Waals surface area contributed by atoms with Crippen LogP contribution in [0.5, 0.6) is 0 Å². The summed E-state index contributed by atoms with van der Waals surface area (Å²) in [5.41, 5.74) is 0. The Morgan fingerprint density at radius 2 is 0.405 bits per heavy atom. The van der Waals surface area contributed by atoms with Crippen LogP contribution in [-0.2, 0) is 24.7 Å². The summed E-state index contributed by atoms with van der Waals surface area (Å²) in [5.74, 6) is 0. The Bertz CT molecular complexity index is 600. The second kappa shape index (κ2) is 18.7. The van der Waals surface area contributed by atoms with Crippen molar-refractivity contribution in [1.82, 2.24) is 0 Å². The number of hydrogen-bond acceptors (Lipinski definition) is 6. The lowest BCUT2D eigenvalue weighted by atomic mass is 10.9. The molecule has 252 valence electrons. The van der Waals surface area contributed by atoms with E-state index in [4.69, 9.17) is 24.7 Å². The molecule has 0 bridgehead atoms. The van der Waals surface area contributed by atoms with Gasteiger partial charge in [-0.3, -0.25) is 26.3 Å². The van der Waals surface area contributed by atoms with Crippen LogP contribution in [0.25, 0.3) is 0 Å². The van der Waals surface area contributed by atoms with Crippen molar-refractivity contribution in [2.45, 2.75) is 114 Å². The Labute approximate surface area is 256 Å². The summed E-state index contributed by atoms with van der Waals surface area (Å²) in [6.45, 7) is 6.05. The van der Waals surface area contributed by atoms with Gasteiger partial charge < -0.3 is 24.7 Å². The minimum atomic E-state index is -3.61. The van der Waals surface area contributed by atoms with Crippen LogP contribution in [0.2, 0.25) is 72.5 Å². The molecule has 1 aliphatic rings. The summed E-state index contributed by atoms with van der Waals surface area (Å²) < 4.78 is 127. The van der Waals surface area contributed by atoms with Crippen LogP contribution in [0.1, 0.15) is 41.5 Å². The van der Waals surface area contributed by atoms with Gasteiger partial charge >= 0.3 is 51.4 Å². The molecule has 0 spiro atoms. The molecule has 0 saturated carbocycles. The molecule has 6 nitrogen and oxygen atoms in total. The monoisotopic (exact) mass is 720 g/mol. The largest absolute Gasteiger partial charge is 0.415 e. The summed E-state index contributed by atoms with van der Waals surface area (Å²) in [7, 11) is -21.7. The average Bonchev–Trinajstić information content (AvgIpc) is 2.97. The summed E-state index contributed by atoms with van der Waals surface area (Å²) in [6, 6.07) is 0.914. The van der Waals surface area contributed by atoms with Gasteiger partial charge in [0.2, 0.25) is 0 Å². The molecule has 0 aliphatic carbocycles. The third-order valence-electron chi connectivity index (χ3n) is 8.32. The molecule has 0 N–H and O–H groups in total. The molecule has 42 heavy (non-hydrogen) atoms. The molecule has 0 radical (unpaired) electrons. The number of hydrogen-bond donors (Lipinski definition) is 0. The molecule has 1 fully saturated rings. The van der Waals surface area contributed by atoms with Gasteiger partial charge in [0, 0.05) is 36.3 Å². The predicted octanol–water partition coefficient (Wildman–Crippen LogP) is 8.69. The molecule has 1 rings (SSSR count). The number of alkyl halides is 6. The molecule has 18 heteroatoms. The third-order valence-corrected chi connectivity index (χ3v) is 38.3. The quantitative estimate of drug-likeness (QED) is 0.104. The van der Waals surface area contributed by atoms with Gasteiger partial charge in [-0.2, -0.15) is 0 Å². The highest BCUT2D eigenvalue weighted by atomic mass is 28.5. The van der Waals surface area contributed by atoms with E-state index < -0.39 is 91.4 Å². The zero-order valence-corrected chi connectivity index (χ0v) is 32.4. The highest BCUT2D eigenvalue weighted by molar-refractivity contribution is 6.95. The van der Waals surface area contributed by atoms with Crippen LogP contribution in [0, 0.1) is 0 Å². The highest BCUT2D eigenvalue weighted by Crippen LogP contribution is 2.43. The van der Waals surface area contributed by atoms with Crippen LogP contribution < -0.4 is 0 Å². The first-order valence-electron chi connectivity index (χ1n) is 15.5. The Balaban J connectivity index is 4.21. The maximum Gasteiger partial charge on any atom is 0.322 e. The molecular formula is C24H54F6O6Si6.